The molecule has 6 heteroatoms. The normalized spacial score (nSPS) is 11.6. The zero-order valence-electron chi connectivity index (χ0n) is 17.9. The fraction of sp³-hybridized carbons (Fsp3) is 0.240. The van der Waals surface area contributed by atoms with Gasteiger partial charge >= 0.3 is 0 Å². The van der Waals surface area contributed by atoms with Crippen LogP contribution in [0.4, 0.5) is 0 Å². The number of amides is 1. The number of fused-ring (bicyclic) bond motifs is 1. The Balaban J connectivity index is 1.55. The third-order valence-electron chi connectivity index (χ3n) is 5.32. The van der Waals surface area contributed by atoms with Crippen molar-refractivity contribution in [3.8, 4) is 0 Å². The van der Waals surface area contributed by atoms with Gasteiger partial charge < -0.3 is 9.73 Å². The SMILES string of the molecule is Cc1ccc(C(C)(C)CNC(=O)c2oc3ccccc3c2CSc2ncccn2)cc1. The molecule has 0 fully saturated rings. The smallest absolute Gasteiger partial charge is 0.287 e. The van der Waals surface area contributed by atoms with E-state index < -0.39 is 0 Å². The van der Waals surface area contributed by atoms with E-state index in [2.05, 4.69) is 60.3 Å². The van der Waals surface area contributed by atoms with Crippen molar-refractivity contribution >= 4 is 28.6 Å². The molecular weight excluding hydrogens is 406 g/mol. The predicted octanol–water partition coefficient (Wildman–Crippen LogP) is 5.53. The molecule has 0 unspecified atom stereocenters. The van der Waals surface area contributed by atoms with Gasteiger partial charge in [-0.25, -0.2) is 9.97 Å². The van der Waals surface area contributed by atoms with Gasteiger partial charge in [0.05, 0.1) is 0 Å². The Bertz CT molecular complexity index is 1180. The van der Waals surface area contributed by atoms with Gasteiger partial charge in [-0.05, 0) is 24.6 Å². The molecule has 31 heavy (non-hydrogen) atoms. The maximum absolute atomic E-state index is 13.1. The average Bonchev–Trinajstić information content (AvgIpc) is 3.16. The molecule has 0 bridgehead atoms. The minimum atomic E-state index is -0.207. The Labute approximate surface area is 186 Å². The summed E-state index contributed by atoms with van der Waals surface area (Å²) < 4.78 is 5.97. The number of aryl methyl sites for hydroxylation is 1. The lowest BCUT2D eigenvalue weighted by Crippen LogP contribution is -2.36. The van der Waals surface area contributed by atoms with E-state index in [1.807, 2.05) is 24.3 Å². The van der Waals surface area contributed by atoms with E-state index in [0.717, 1.165) is 10.9 Å². The van der Waals surface area contributed by atoms with E-state index in [1.54, 1.807) is 18.5 Å². The van der Waals surface area contributed by atoms with Crippen molar-refractivity contribution in [2.75, 3.05) is 6.54 Å². The minimum absolute atomic E-state index is 0.206. The lowest BCUT2D eigenvalue weighted by molar-refractivity contribution is 0.0919. The molecule has 2 aromatic carbocycles. The summed E-state index contributed by atoms with van der Waals surface area (Å²) in [7, 11) is 0. The van der Waals surface area contributed by atoms with Crippen molar-refractivity contribution in [2.45, 2.75) is 37.1 Å². The number of aromatic nitrogens is 2. The van der Waals surface area contributed by atoms with Crippen LogP contribution in [0.15, 0.2) is 76.6 Å². The van der Waals surface area contributed by atoms with Crippen molar-refractivity contribution in [3.05, 3.63) is 89.4 Å². The lowest BCUT2D eigenvalue weighted by Gasteiger charge is -2.25. The van der Waals surface area contributed by atoms with Gasteiger partial charge in [0.2, 0.25) is 0 Å². The molecule has 4 rings (SSSR count). The number of hydrogen-bond acceptors (Lipinski definition) is 5. The number of benzene rings is 2. The summed E-state index contributed by atoms with van der Waals surface area (Å²) in [4.78, 5) is 21.7. The first kappa shape index (κ1) is 21.1. The van der Waals surface area contributed by atoms with Crippen molar-refractivity contribution < 1.29 is 9.21 Å². The highest BCUT2D eigenvalue weighted by Gasteiger charge is 2.25. The van der Waals surface area contributed by atoms with Crippen LogP contribution in [0, 0.1) is 6.92 Å². The molecule has 158 valence electrons. The average molecular weight is 432 g/mol. The Morgan fingerprint density at radius 3 is 2.48 bits per heavy atom. The third kappa shape index (κ3) is 4.80. The Morgan fingerprint density at radius 1 is 1.03 bits per heavy atom. The summed E-state index contributed by atoms with van der Waals surface area (Å²) in [5.74, 6) is 0.691. The number of carbonyl (C=O) groups excluding carboxylic acids is 1. The topological polar surface area (TPSA) is 68.0 Å². The molecule has 2 aromatic heterocycles. The third-order valence-corrected chi connectivity index (χ3v) is 6.22. The molecule has 0 saturated heterocycles. The highest BCUT2D eigenvalue weighted by molar-refractivity contribution is 7.98. The summed E-state index contributed by atoms with van der Waals surface area (Å²) in [6.45, 7) is 6.82. The molecule has 0 aliphatic carbocycles. The molecular formula is C25H25N3O2S. The first-order valence-electron chi connectivity index (χ1n) is 10.2. The van der Waals surface area contributed by atoms with Gasteiger partial charge in [-0.15, -0.1) is 0 Å². The molecule has 5 nitrogen and oxygen atoms in total. The number of thioether (sulfide) groups is 1. The first-order valence-corrected chi connectivity index (χ1v) is 11.2. The quantitative estimate of drug-likeness (QED) is 0.308. The van der Waals surface area contributed by atoms with E-state index in [1.165, 1.54) is 22.9 Å². The van der Waals surface area contributed by atoms with Crippen LogP contribution >= 0.6 is 11.8 Å². The second-order valence-electron chi connectivity index (χ2n) is 8.16. The van der Waals surface area contributed by atoms with E-state index in [4.69, 9.17) is 4.42 Å². The molecule has 4 aromatic rings. The highest BCUT2D eigenvalue weighted by Crippen LogP contribution is 2.31. The zero-order chi connectivity index (χ0) is 21.8. The van der Waals surface area contributed by atoms with Crippen LogP contribution in [-0.2, 0) is 11.2 Å². The number of furan rings is 1. The Kier molecular flexibility index (Phi) is 6.09. The van der Waals surface area contributed by atoms with Gasteiger partial charge in [-0.1, -0.05) is 73.6 Å². The molecule has 2 heterocycles. The molecule has 0 atom stereocenters. The second-order valence-corrected chi connectivity index (χ2v) is 9.10. The molecule has 0 saturated carbocycles. The Hall–Kier alpha value is -3.12. The van der Waals surface area contributed by atoms with Crippen LogP contribution in [0.3, 0.4) is 0 Å². The van der Waals surface area contributed by atoms with Gasteiger partial charge in [0.1, 0.15) is 5.58 Å². The van der Waals surface area contributed by atoms with E-state index in [-0.39, 0.29) is 11.3 Å². The lowest BCUT2D eigenvalue weighted by atomic mass is 9.84. The number of nitrogens with one attached hydrogen (secondary N) is 1. The molecule has 0 aliphatic rings. The largest absolute Gasteiger partial charge is 0.451 e. The van der Waals surface area contributed by atoms with E-state index >= 15 is 0 Å². The summed E-state index contributed by atoms with van der Waals surface area (Å²) in [6, 6.07) is 17.9. The number of rotatable bonds is 7. The second kappa shape index (κ2) is 8.94. The summed E-state index contributed by atoms with van der Waals surface area (Å²) in [6.07, 6.45) is 3.42. The minimum Gasteiger partial charge on any atom is -0.451 e. The fourth-order valence-corrected chi connectivity index (χ4v) is 4.24. The number of hydrogen-bond donors (Lipinski definition) is 1. The highest BCUT2D eigenvalue weighted by atomic mass is 32.2. The Morgan fingerprint density at radius 2 is 1.74 bits per heavy atom. The number of nitrogens with zero attached hydrogens (tertiary/aromatic N) is 2. The summed E-state index contributed by atoms with van der Waals surface area (Å²) in [5, 5.41) is 4.68. The van der Waals surface area contributed by atoms with Crippen molar-refractivity contribution in [2.24, 2.45) is 0 Å². The monoisotopic (exact) mass is 431 g/mol. The van der Waals surface area contributed by atoms with Crippen molar-refractivity contribution in [3.63, 3.8) is 0 Å². The summed E-state index contributed by atoms with van der Waals surface area (Å²) >= 11 is 1.48. The van der Waals surface area contributed by atoms with Crippen molar-refractivity contribution in [1.82, 2.24) is 15.3 Å². The molecule has 0 radical (unpaired) electrons. The van der Waals surface area contributed by atoms with Gasteiger partial charge in [0.15, 0.2) is 10.9 Å². The van der Waals surface area contributed by atoms with Crippen LogP contribution in [0.2, 0.25) is 0 Å². The van der Waals surface area contributed by atoms with E-state index in [0.29, 0.717) is 28.8 Å². The van der Waals surface area contributed by atoms with Crippen LogP contribution in [0.1, 0.15) is 41.1 Å². The van der Waals surface area contributed by atoms with E-state index in [9.17, 15) is 4.79 Å². The molecule has 0 aliphatic heterocycles. The van der Waals surface area contributed by atoms with Crippen LogP contribution in [0.5, 0.6) is 0 Å². The summed E-state index contributed by atoms with van der Waals surface area (Å²) in [5.41, 5.74) is 3.76. The number of carbonyl (C=O) groups is 1. The van der Waals surface area contributed by atoms with Gasteiger partial charge in [0, 0.05) is 41.1 Å². The van der Waals surface area contributed by atoms with Crippen molar-refractivity contribution in [1.29, 1.82) is 0 Å². The van der Waals surface area contributed by atoms with Crippen LogP contribution in [-0.4, -0.2) is 22.4 Å². The zero-order valence-corrected chi connectivity index (χ0v) is 18.7. The van der Waals surface area contributed by atoms with Crippen LogP contribution in [0.25, 0.3) is 11.0 Å². The maximum atomic E-state index is 13.1. The number of para-hydroxylation sites is 1. The molecule has 1 N–H and O–H groups in total. The molecule has 1 amide bonds. The first-order chi connectivity index (χ1) is 14.9. The van der Waals surface area contributed by atoms with Gasteiger partial charge in [0.25, 0.3) is 5.91 Å². The standard InChI is InChI=1S/C25H25N3O2S/c1-17-9-11-18(12-10-17)25(2,3)16-28-23(29)22-20(15-31-24-26-13-6-14-27-24)19-7-4-5-8-21(19)30-22/h4-14H,15-16H2,1-3H3,(H,28,29). The maximum Gasteiger partial charge on any atom is 0.287 e. The van der Waals surface area contributed by atoms with Gasteiger partial charge in [-0.3, -0.25) is 4.79 Å². The van der Waals surface area contributed by atoms with Gasteiger partial charge in [-0.2, -0.15) is 0 Å². The molecule has 0 spiro atoms. The van der Waals surface area contributed by atoms with Crippen LogP contribution < -0.4 is 5.32 Å². The fourth-order valence-electron chi connectivity index (χ4n) is 3.41. The predicted molar refractivity (Wildman–Crippen MR) is 124 cm³/mol.